The highest BCUT2D eigenvalue weighted by atomic mass is 16.5. The monoisotopic (exact) mass is 431 g/mol. The molecule has 0 saturated carbocycles. The molecule has 0 unspecified atom stereocenters. The van der Waals surface area contributed by atoms with Gasteiger partial charge < -0.3 is 19.5 Å². The second kappa shape index (κ2) is 8.34. The van der Waals surface area contributed by atoms with Crippen LogP contribution in [0.15, 0.2) is 70.3 Å². The number of benzene rings is 2. The van der Waals surface area contributed by atoms with Crippen LogP contribution < -0.4 is 16.0 Å². The zero-order chi connectivity index (χ0) is 22.9. The Morgan fingerprint density at radius 2 is 1.88 bits per heavy atom. The summed E-state index contributed by atoms with van der Waals surface area (Å²) in [5.41, 5.74) is 6.83. The fraction of sp³-hybridized carbons (Fsp3) is 0.240. The van der Waals surface area contributed by atoms with Crippen molar-refractivity contribution in [2.24, 2.45) is 5.73 Å². The van der Waals surface area contributed by atoms with Gasteiger partial charge in [0.05, 0.1) is 13.3 Å². The summed E-state index contributed by atoms with van der Waals surface area (Å²) in [6, 6.07) is 13.4. The number of methoxy groups -OCH3 is 1. The Labute approximate surface area is 185 Å². The van der Waals surface area contributed by atoms with Gasteiger partial charge in [-0.2, -0.15) is 0 Å². The summed E-state index contributed by atoms with van der Waals surface area (Å²) in [5, 5.41) is 1.30. The highest BCUT2D eigenvalue weighted by Gasteiger charge is 2.29. The molecule has 0 radical (unpaired) electrons. The molecule has 0 aliphatic heterocycles. The fourth-order valence-electron chi connectivity index (χ4n) is 3.83. The summed E-state index contributed by atoms with van der Waals surface area (Å²) >= 11 is 0. The molecule has 7 nitrogen and oxygen atoms in total. The number of rotatable bonds is 7. The van der Waals surface area contributed by atoms with Crippen molar-refractivity contribution in [3.8, 4) is 17.2 Å². The minimum Gasteiger partial charge on any atom is -0.496 e. The van der Waals surface area contributed by atoms with Crippen LogP contribution in [0.5, 0.6) is 5.75 Å². The lowest BCUT2D eigenvalue weighted by Crippen LogP contribution is -2.46. The Kier molecular flexibility index (Phi) is 5.57. The lowest BCUT2D eigenvalue weighted by atomic mass is 9.96. The first-order chi connectivity index (χ1) is 15.3. The molecule has 164 valence electrons. The van der Waals surface area contributed by atoms with E-state index in [1.807, 2.05) is 36.4 Å². The van der Waals surface area contributed by atoms with Crippen molar-refractivity contribution in [2.75, 3.05) is 7.11 Å². The molecule has 0 bridgehead atoms. The highest BCUT2D eigenvalue weighted by molar-refractivity contribution is 5.89. The number of oxazole rings is 1. The molecule has 0 spiro atoms. The molecule has 2 aromatic carbocycles. The van der Waals surface area contributed by atoms with Crippen molar-refractivity contribution in [3.63, 3.8) is 0 Å². The predicted octanol–water partition coefficient (Wildman–Crippen LogP) is 3.67. The molecule has 0 atom stereocenters. The van der Waals surface area contributed by atoms with E-state index >= 15 is 0 Å². The second-order valence-corrected chi connectivity index (χ2v) is 8.16. The number of pyridine rings is 1. The molecule has 2 N–H and O–H groups in total. The average Bonchev–Trinajstić information content (AvgIpc) is 3.33. The Hall–Kier alpha value is -3.87. The van der Waals surface area contributed by atoms with Gasteiger partial charge in [-0.25, -0.2) is 4.98 Å². The van der Waals surface area contributed by atoms with Gasteiger partial charge in [-0.1, -0.05) is 24.3 Å². The first-order valence-electron chi connectivity index (χ1n) is 10.3. The number of carbonyl (C=O) groups is 1. The minimum atomic E-state index is -1.19. The number of fused-ring (bicyclic) bond motifs is 1. The van der Waals surface area contributed by atoms with Crippen LogP contribution in [-0.2, 0) is 23.2 Å². The first-order valence-corrected chi connectivity index (χ1v) is 10.3. The van der Waals surface area contributed by atoms with Gasteiger partial charge in [0.15, 0.2) is 0 Å². The zero-order valence-corrected chi connectivity index (χ0v) is 18.3. The summed E-state index contributed by atoms with van der Waals surface area (Å²) < 4.78 is 12.3. The standard InChI is InChI=1S/C25H25N3O4/c1-25(2,24(26)30)28-15-18(9-8-16-6-4-5-7-21(16)31-3)19-11-10-17(14-20(19)23(28)29)22-27-12-13-32-22/h4-7,10-15H,8-9H2,1-3H3,(H2,26,30). The van der Waals surface area contributed by atoms with E-state index in [2.05, 4.69) is 4.98 Å². The molecular weight excluding hydrogens is 406 g/mol. The van der Waals surface area contributed by atoms with Crippen molar-refractivity contribution in [1.29, 1.82) is 0 Å². The number of para-hydroxylation sites is 1. The Morgan fingerprint density at radius 1 is 1.12 bits per heavy atom. The van der Waals surface area contributed by atoms with Gasteiger partial charge in [-0.15, -0.1) is 0 Å². The molecule has 2 aromatic heterocycles. The van der Waals surface area contributed by atoms with Crippen molar-refractivity contribution in [2.45, 2.75) is 32.2 Å². The normalized spacial score (nSPS) is 11.6. The van der Waals surface area contributed by atoms with E-state index in [1.165, 1.54) is 10.8 Å². The van der Waals surface area contributed by atoms with Crippen molar-refractivity contribution in [3.05, 3.63) is 82.6 Å². The SMILES string of the molecule is COc1ccccc1CCc1cn(C(C)(C)C(N)=O)c(=O)c2cc(-c3ncco3)ccc12. The highest BCUT2D eigenvalue weighted by Crippen LogP contribution is 2.27. The summed E-state index contributed by atoms with van der Waals surface area (Å²) in [5.74, 6) is 0.652. The van der Waals surface area contributed by atoms with E-state index in [-0.39, 0.29) is 5.56 Å². The third kappa shape index (κ3) is 3.77. The van der Waals surface area contributed by atoms with Crippen molar-refractivity contribution >= 4 is 16.7 Å². The van der Waals surface area contributed by atoms with Crippen molar-refractivity contribution < 1.29 is 13.9 Å². The predicted molar refractivity (Wildman–Crippen MR) is 123 cm³/mol. The van der Waals surface area contributed by atoms with Crippen molar-refractivity contribution in [1.82, 2.24) is 9.55 Å². The maximum absolute atomic E-state index is 13.4. The van der Waals surface area contributed by atoms with E-state index in [0.717, 1.165) is 22.3 Å². The lowest BCUT2D eigenvalue weighted by Gasteiger charge is -2.25. The molecule has 4 rings (SSSR count). The zero-order valence-electron chi connectivity index (χ0n) is 18.3. The lowest BCUT2D eigenvalue weighted by molar-refractivity contribution is -0.125. The third-order valence-electron chi connectivity index (χ3n) is 5.84. The van der Waals surface area contributed by atoms with Crippen LogP contribution in [0.2, 0.25) is 0 Å². The minimum absolute atomic E-state index is 0.293. The molecule has 0 fully saturated rings. The van der Waals surface area contributed by atoms with Gasteiger partial charge in [0.1, 0.15) is 17.6 Å². The Bertz CT molecular complexity index is 1340. The molecule has 7 heteroatoms. The molecular formula is C25H25N3O4. The number of carbonyl (C=O) groups excluding carboxylic acids is 1. The van der Waals surface area contributed by atoms with Crippen LogP contribution in [0.4, 0.5) is 0 Å². The summed E-state index contributed by atoms with van der Waals surface area (Å²) in [6.45, 7) is 3.29. The number of amides is 1. The number of hydrogen-bond acceptors (Lipinski definition) is 5. The number of nitrogens with zero attached hydrogens (tertiary/aromatic N) is 2. The Morgan fingerprint density at radius 3 is 2.56 bits per heavy atom. The second-order valence-electron chi connectivity index (χ2n) is 8.16. The molecule has 32 heavy (non-hydrogen) atoms. The van der Waals surface area contributed by atoms with Crippen LogP contribution in [-0.4, -0.2) is 22.6 Å². The summed E-state index contributed by atoms with van der Waals surface area (Å²) in [4.78, 5) is 29.7. The van der Waals surface area contributed by atoms with Crippen LogP contribution >= 0.6 is 0 Å². The number of aryl methyl sites for hydroxylation is 2. The van der Waals surface area contributed by atoms with Gasteiger partial charge in [-0.05, 0) is 61.4 Å². The topological polar surface area (TPSA) is 100 Å². The first kappa shape index (κ1) is 21.4. The van der Waals surface area contributed by atoms with Crippen LogP contribution in [0, 0.1) is 0 Å². The van der Waals surface area contributed by atoms with Gasteiger partial charge in [0.2, 0.25) is 11.8 Å². The van der Waals surface area contributed by atoms with E-state index in [9.17, 15) is 9.59 Å². The van der Waals surface area contributed by atoms with Crippen LogP contribution in [0.1, 0.15) is 25.0 Å². The smallest absolute Gasteiger partial charge is 0.259 e. The maximum Gasteiger partial charge on any atom is 0.259 e. The number of aromatic nitrogens is 2. The number of primary amides is 1. The van der Waals surface area contributed by atoms with Crippen LogP contribution in [0.3, 0.4) is 0 Å². The van der Waals surface area contributed by atoms with E-state index in [0.29, 0.717) is 29.7 Å². The quantitative estimate of drug-likeness (QED) is 0.481. The third-order valence-corrected chi connectivity index (χ3v) is 5.84. The summed E-state index contributed by atoms with van der Waals surface area (Å²) in [6.07, 6.45) is 6.13. The average molecular weight is 431 g/mol. The van der Waals surface area contributed by atoms with Gasteiger partial charge >= 0.3 is 0 Å². The van der Waals surface area contributed by atoms with Crippen LogP contribution in [0.25, 0.3) is 22.2 Å². The van der Waals surface area contributed by atoms with Gasteiger partial charge in [0, 0.05) is 17.1 Å². The van der Waals surface area contributed by atoms with E-state index < -0.39 is 11.4 Å². The van der Waals surface area contributed by atoms with Gasteiger partial charge in [-0.3, -0.25) is 9.59 Å². The summed E-state index contributed by atoms with van der Waals surface area (Å²) in [7, 11) is 1.65. The molecule has 0 aliphatic carbocycles. The molecule has 4 aromatic rings. The number of ether oxygens (including phenoxy) is 1. The Balaban J connectivity index is 1.87. The molecule has 0 aliphatic rings. The molecule has 1 amide bonds. The number of nitrogens with two attached hydrogens (primary N) is 1. The van der Waals surface area contributed by atoms with E-state index in [4.69, 9.17) is 14.9 Å². The fourth-order valence-corrected chi connectivity index (χ4v) is 3.83. The largest absolute Gasteiger partial charge is 0.496 e. The van der Waals surface area contributed by atoms with Gasteiger partial charge in [0.25, 0.3) is 5.56 Å². The van der Waals surface area contributed by atoms with E-state index in [1.54, 1.807) is 39.4 Å². The number of hydrogen-bond donors (Lipinski definition) is 1. The maximum atomic E-state index is 13.4. The molecule has 2 heterocycles. The molecule has 0 saturated heterocycles.